The van der Waals surface area contributed by atoms with Gasteiger partial charge in [0.2, 0.25) is 0 Å². The van der Waals surface area contributed by atoms with Crippen molar-refractivity contribution < 1.29 is 10.2 Å². The minimum Gasteiger partial charge on any atom is -0.396 e. The molecule has 12 heavy (non-hydrogen) atoms. The molecule has 0 spiro atoms. The molecule has 0 aliphatic rings. The van der Waals surface area contributed by atoms with Gasteiger partial charge in [0.25, 0.3) is 0 Å². The van der Waals surface area contributed by atoms with E-state index in [1.165, 1.54) is 0 Å². The van der Waals surface area contributed by atoms with Gasteiger partial charge in [-0.1, -0.05) is 26.7 Å². The first-order chi connectivity index (χ1) is 5.63. The van der Waals surface area contributed by atoms with E-state index in [0.29, 0.717) is 0 Å². The lowest BCUT2D eigenvalue weighted by Crippen LogP contribution is -2.36. The van der Waals surface area contributed by atoms with Crippen LogP contribution in [0.3, 0.4) is 0 Å². The van der Waals surface area contributed by atoms with Crippen LogP contribution in [0.15, 0.2) is 0 Å². The van der Waals surface area contributed by atoms with Crippen LogP contribution in [0.4, 0.5) is 0 Å². The molecule has 0 saturated heterocycles. The lowest BCUT2D eigenvalue weighted by Gasteiger charge is -2.33. The van der Waals surface area contributed by atoms with E-state index < -0.39 is 6.10 Å². The lowest BCUT2D eigenvalue weighted by molar-refractivity contribution is -0.0173. The van der Waals surface area contributed by atoms with E-state index in [4.69, 9.17) is 0 Å². The summed E-state index contributed by atoms with van der Waals surface area (Å²) in [4.78, 5) is 0. The Balaban J connectivity index is 4.15. The molecule has 2 nitrogen and oxygen atoms in total. The van der Waals surface area contributed by atoms with Gasteiger partial charge in [0.15, 0.2) is 0 Å². The van der Waals surface area contributed by atoms with Crippen LogP contribution in [0.5, 0.6) is 0 Å². The molecule has 0 aromatic heterocycles. The fourth-order valence-electron chi connectivity index (χ4n) is 1.53. The van der Waals surface area contributed by atoms with Gasteiger partial charge in [-0.2, -0.15) is 0 Å². The quantitative estimate of drug-likeness (QED) is 0.646. The van der Waals surface area contributed by atoms with Gasteiger partial charge in [-0.25, -0.2) is 0 Å². The van der Waals surface area contributed by atoms with E-state index >= 15 is 0 Å². The summed E-state index contributed by atoms with van der Waals surface area (Å²) >= 11 is 0. The molecular weight excluding hydrogens is 152 g/mol. The van der Waals surface area contributed by atoms with Gasteiger partial charge in [0, 0.05) is 5.41 Å². The Kier molecular flexibility index (Phi) is 5.51. The number of rotatable bonds is 6. The summed E-state index contributed by atoms with van der Waals surface area (Å²) in [7, 11) is 0. The highest BCUT2D eigenvalue weighted by atomic mass is 16.3. The monoisotopic (exact) mass is 174 g/mol. The van der Waals surface area contributed by atoms with Crippen LogP contribution in [0, 0.1) is 5.41 Å². The zero-order valence-corrected chi connectivity index (χ0v) is 8.51. The Morgan fingerprint density at radius 2 is 1.92 bits per heavy atom. The molecule has 0 saturated carbocycles. The molecule has 2 N–H and O–H groups in total. The van der Waals surface area contributed by atoms with E-state index in [1.807, 2.05) is 6.92 Å². The molecule has 0 aliphatic heterocycles. The highest BCUT2D eigenvalue weighted by Crippen LogP contribution is 2.32. The van der Waals surface area contributed by atoms with Crippen molar-refractivity contribution in [3.8, 4) is 0 Å². The first-order valence-corrected chi connectivity index (χ1v) is 4.92. The van der Waals surface area contributed by atoms with Gasteiger partial charge in [0.05, 0.1) is 12.7 Å². The third kappa shape index (κ3) is 2.76. The molecule has 0 aliphatic carbocycles. The van der Waals surface area contributed by atoms with E-state index in [9.17, 15) is 10.2 Å². The van der Waals surface area contributed by atoms with Crippen molar-refractivity contribution in [2.45, 2.75) is 52.6 Å². The van der Waals surface area contributed by atoms with Crippen molar-refractivity contribution in [2.75, 3.05) is 6.61 Å². The van der Waals surface area contributed by atoms with Crippen LogP contribution in [0.1, 0.15) is 46.5 Å². The van der Waals surface area contributed by atoms with Crippen molar-refractivity contribution in [1.82, 2.24) is 0 Å². The summed E-state index contributed by atoms with van der Waals surface area (Å²) in [6.45, 7) is 6.02. The van der Waals surface area contributed by atoms with Gasteiger partial charge in [-0.15, -0.1) is 0 Å². The fourth-order valence-corrected chi connectivity index (χ4v) is 1.53. The van der Waals surface area contributed by atoms with Gasteiger partial charge in [-0.05, 0) is 19.8 Å². The molecule has 0 heterocycles. The number of hydrogen-bond donors (Lipinski definition) is 2. The van der Waals surface area contributed by atoms with Crippen LogP contribution in [-0.2, 0) is 0 Å². The van der Waals surface area contributed by atoms with Crippen LogP contribution >= 0.6 is 0 Å². The van der Waals surface area contributed by atoms with Crippen LogP contribution in [0.25, 0.3) is 0 Å². The van der Waals surface area contributed by atoms with Crippen molar-refractivity contribution in [1.29, 1.82) is 0 Å². The minimum absolute atomic E-state index is 0.0984. The molecule has 74 valence electrons. The highest BCUT2D eigenvalue weighted by molar-refractivity contribution is 4.82. The van der Waals surface area contributed by atoms with Crippen molar-refractivity contribution in [2.24, 2.45) is 5.41 Å². The molecule has 0 fully saturated rings. The molecule has 0 bridgehead atoms. The Bertz CT molecular complexity index is 106. The Labute approximate surface area is 75.6 Å². The summed E-state index contributed by atoms with van der Waals surface area (Å²) < 4.78 is 0. The third-order valence-electron chi connectivity index (χ3n) is 2.93. The standard InChI is InChI=1S/C10H22O2/c1-4-6-7-10(5-2,8-11)9(3)12/h9,11-12H,4-8H2,1-3H3. The first-order valence-electron chi connectivity index (χ1n) is 4.92. The summed E-state index contributed by atoms with van der Waals surface area (Å²) in [6, 6.07) is 0. The maximum Gasteiger partial charge on any atom is 0.0590 e. The number of unbranched alkanes of at least 4 members (excludes halogenated alkanes) is 1. The smallest absolute Gasteiger partial charge is 0.0590 e. The summed E-state index contributed by atoms with van der Waals surface area (Å²) in [6.07, 6.45) is 3.57. The average Bonchev–Trinajstić information content (AvgIpc) is 2.07. The van der Waals surface area contributed by atoms with Gasteiger partial charge in [-0.3, -0.25) is 0 Å². The molecular formula is C10H22O2. The molecule has 2 unspecified atom stereocenters. The Morgan fingerprint density at radius 3 is 2.17 bits per heavy atom. The predicted molar refractivity (Wildman–Crippen MR) is 51.0 cm³/mol. The topological polar surface area (TPSA) is 40.5 Å². The normalized spacial score (nSPS) is 18.8. The van der Waals surface area contributed by atoms with E-state index in [-0.39, 0.29) is 12.0 Å². The van der Waals surface area contributed by atoms with Crippen LogP contribution < -0.4 is 0 Å². The van der Waals surface area contributed by atoms with Gasteiger partial charge >= 0.3 is 0 Å². The third-order valence-corrected chi connectivity index (χ3v) is 2.93. The summed E-state index contributed by atoms with van der Waals surface area (Å²) in [5, 5.41) is 18.7. The number of hydrogen-bond acceptors (Lipinski definition) is 2. The largest absolute Gasteiger partial charge is 0.396 e. The second-order valence-corrected chi connectivity index (χ2v) is 3.65. The highest BCUT2D eigenvalue weighted by Gasteiger charge is 2.31. The predicted octanol–water partition coefficient (Wildman–Crippen LogP) is 1.95. The number of aliphatic hydroxyl groups excluding tert-OH is 2. The lowest BCUT2D eigenvalue weighted by atomic mass is 9.77. The fraction of sp³-hybridized carbons (Fsp3) is 1.00. The van der Waals surface area contributed by atoms with Crippen molar-refractivity contribution in [3.05, 3.63) is 0 Å². The zero-order valence-electron chi connectivity index (χ0n) is 8.51. The minimum atomic E-state index is -0.404. The molecule has 0 aromatic rings. The van der Waals surface area contributed by atoms with E-state index in [2.05, 4.69) is 6.92 Å². The summed E-state index contributed by atoms with van der Waals surface area (Å²) in [5.41, 5.74) is -0.254. The molecule has 0 radical (unpaired) electrons. The van der Waals surface area contributed by atoms with E-state index in [1.54, 1.807) is 6.92 Å². The average molecular weight is 174 g/mol. The number of aliphatic hydroxyl groups is 2. The van der Waals surface area contributed by atoms with Crippen LogP contribution in [0.2, 0.25) is 0 Å². The molecule has 2 heteroatoms. The second-order valence-electron chi connectivity index (χ2n) is 3.65. The molecule has 0 aromatic carbocycles. The summed E-state index contributed by atoms with van der Waals surface area (Å²) in [5.74, 6) is 0. The van der Waals surface area contributed by atoms with E-state index in [0.717, 1.165) is 25.7 Å². The van der Waals surface area contributed by atoms with Crippen molar-refractivity contribution >= 4 is 0 Å². The Morgan fingerprint density at radius 1 is 1.33 bits per heavy atom. The zero-order chi connectivity index (χ0) is 9.61. The SMILES string of the molecule is CCCCC(CC)(CO)C(C)O. The Hall–Kier alpha value is -0.0800. The molecule has 0 rings (SSSR count). The second kappa shape index (κ2) is 5.55. The molecule has 2 atom stereocenters. The van der Waals surface area contributed by atoms with Crippen molar-refractivity contribution in [3.63, 3.8) is 0 Å². The first kappa shape index (κ1) is 11.9. The maximum atomic E-state index is 9.53. The maximum absolute atomic E-state index is 9.53. The van der Waals surface area contributed by atoms with Gasteiger partial charge < -0.3 is 10.2 Å². The molecule has 0 amide bonds. The van der Waals surface area contributed by atoms with Crippen LogP contribution in [-0.4, -0.2) is 22.9 Å². The van der Waals surface area contributed by atoms with Gasteiger partial charge in [0.1, 0.15) is 0 Å².